The van der Waals surface area contributed by atoms with E-state index in [0.717, 1.165) is 36.3 Å². The maximum atomic E-state index is 4.68. The average Bonchev–Trinajstić information content (AvgIpc) is 3.29. The summed E-state index contributed by atoms with van der Waals surface area (Å²) in [5.41, 5.74) is 1.09. The van der Waals surface area contributed by atoms with E-state index in [9.17, 15) is 0 Å². The van der Waals surface area contributed by atoms with E-state index in [4.69, 9.17) is 0 Å². The van der Waals surface area contributed by atoms with Gasteiger partial charge in [-0.05, 0) is 44.1 Å². The number of guanidine groups is 1. The molecule has 2 aromatic heterocycles. The molecule has 1 saturated heterocycles. The lowest BCUT2D eigenvalue weighted by molar-refractivity contribution is 0.727. The molecule has 0 bridgehead atoms. The van der Waals surface area contributed by atoms with E-state index in [-0.39, 0.29) is 0 Å². The minimum Gasteiger partial charge on any atom is -0.357 e. The fraction of sp³-hybridized carbons (Fsp3) is 0.500. The van der Waals surface area contributed by atoms with E-state index in [0.29, 0.717) is 11.8 Å². The molecule has 2 aromatic rings. The Balaban J connectivity index is 1.58. The Morgan fingerprint density at radius 3 is 2.92 bits per heavy atom. The van der Waals surface area contributed by atoms with Crippen LogP contribution in [0.4, 0.5) is 0 Å². The molecule has 7 heteroatoms. The Morgan fingerprint density at radius 2 is 2.28 bits per heavy atom. The number of aliphatic imine (C=N–C) groups is 1. The molecule has 3 rings (SSSR count). The number of nitrogens with zero attached hydrogens (tertiary/aromatic N) is 4. The first kappa shape index (κ1) is 17.8. The first-order valence-corrected chi connectivity index (χ1v) is 9.90. The van der Waals surface area contributed by atoms with Crippen LogP contribution in [-0.4, -0.2) is 44.6 Å². The number of hydrogen-bond acceptors (Lipinski definition) is 4. The number of aromatic nitrogens is 3. The first-order chi connectivity index (χ1) is 12.3. The summed E-state index contributed by atoms with van der Waals surface area (Å²) in [7, 11) is 0. The Kier molecular flexibility index (Phi) is 6.33. The van der Waals surface area contributed by atoms with Gasteiger partial charge in [-0.15, -0.1) is 0 Å². The zero-order chi connectivity index (χ0) is 17.5. The predicted octanol–water partition coefficient (Wildman–Crippen LogP) is 2.53. The fourth-order valence-corrected chi connectivity index (χ4v) is 4.00. The molecule has 25 heavy (non-hydrogen) atoms. The van der Waals surface area contributed by atoms with Crippen LogP contribution in [0.2, 0.25) is 0 Å². The lowest BCUT2D eigenvalue weighted by Gasteiger charge is -2.14. The van der Waals surface area contributed by atoms with Gasteiger partial charge in [-0.25, -0.2) is 15.0 Å². The van der Waals surface area contributed by atoms with Gasteiger partial charge in [0.05, 0.1) is 6.54 Å². The third-order valence-corrected chi connectivity index (χ3v) is 5.56. The summed E-state index contributed by atoms with van der Waals surface area (Å²) >= 11 is 2.06. The third kappa shape index (κ3) is 4.98. The summed E-state index contributed by atoms with van der Waals surface area (Å²) in [6.07, 6.45) is 8.22. The number of thioether (sulfide) groups is 1. The van der Waals surface area contributed by atoms with Gasteiger partial charge in [0.15, 0.2) is 5.96 Å². The lowest BCUT2D eigenvalue weighted by Crippen LogP contribution is -2.40. The first-order valence-electron chi connectivity index (χ1n) is 8.85. The molecule has 0 spiro atoms. The zero-order valence-corrected chi connectivity index (χ0v) is 15.7. The Labute approximate surface area is 153 Å². The molecule has 1 unspecified atom stereocenters. The van der Waals surface area contributed by atoms with Crippen LogP contribution < -0.4 is 10.6 Å². The van der Waals surface area contributed by atoms with Gasteiger partial charge < -0.3 is 10.6 Å². The second-order valence-corrected chi connectivity index (χ2v) is 7.49. The van der Waals surface area contributed by atoms with E-state index in [2.05, 4.69) is 50.3 Å². The highest BCUT2D eigenvalue weighted by Gasteiger charge is 2.15. The van der Waals surface area contributed by atoms with Gasteiger partial charge in [0.25, 0.3) is 0 Å². The van der Waals surface area contributed by atoms with E-state index in [1.54, 1.807) is 6.20 Å². The second kappa shape index (κ2) is 8.89. The van der Waals surface area contributed by atoms with Crippen LogP contribution in [0.5, 0.6) is 0 Å². The van der Waals surface area contributed by atoms with Gasteiger partial charge in [0, 0.05) is 36.9 Å². The Bertz CT molecular complexity index is 688. The molecule has 2 N–H and O–H groups in total. The normalized spacial score (nSPS) is 17.7. The Hall–Kier alpha value is -2.02. The van der Waals surface area contributed by atoms with Gasteiger partial charge in [-0.3, -0.25) is 4.57 Å². The Morgan fingerprint density at radius 1 is 1.36 bits per heavy atom. The SMILES string of the molecule is CCNC(=NCc1ccc(-n2ccnc2C)nc1)NCC1CCCS1. The molecule has 0 radical (unpaired) electrons. The smallest absolute Gasteiger partial charge is 0.191 e. The number of aryl methyl sites for hydroxylation is 1. The number of nitrogens with one attached hydrogen (secondary N) is 2. The van der Waals surface area contributed by atoms with Crippen molar-refractivity contribution in [3.8, 4) is 5.82 Å². The van der Waals surface area contributed by atoms with Gasteiger partial charge >= 0.3 is 0 Å². The summed E-state index contributed by atoms with van der Waals surface area (Å²) in [6.45, 7) is 6.51. The maximum Gasteiger partial charge on any atom is 0.191 e. The molecule has 0 saturated carbocycles. The number of pyridine rings is 1. The van der Waals surface area contributed by atoms with E-state index in [1.165, 1.54) is 18.6 Å². The van der Waals surface area contributed by atoms with Crippen LogP contribution in [0.25, 0.3) is 5.82 Å². The van der Waals surface area contributed by atoms with E-state index in [1.807, 2.05) is 30.0 Å². The van der Waals surface area contributed by atoms with Crippen molar-refractivity contribution in [2.75, 3.05) is 18.8 Å². The minimum absolute atomic E-state index is 0.614. The van der Waals surface area contributed by atoms with Crippen molar-refractivity contribution in [2.24, 2.45) is 4.99 Å². The molecule has 1 aliphatic heterocycles. The minimum atomic E-state index is 0.614. The molecule has 0 aliphatic carbocycles. The standard InChI is InChI=1S/C18H26N6S/c1-3-19-18(23-13-16-5-4-10-25-16)22-12-15-6-7-17(21-11-15)24-9-8-20-14(24)2/h6-9,11,16H,3-5,10,12-13H2,1-2H3,(H2,19,22,23). The average molecular weight is 359 g/mol. The highest BCUT2D eigenvalue weighted by atomic mass is 32.2. The molecule has 134 valence electrons. The van der Waals surface area contributed by atoms with Crippen molar-refractivity contribution in [1.82, 2.24) is 25.2 Å². The van der Waals surface area contributed by atoms with Gasteiger partial charge in [0.1, 0.15) is 11.6 Å². The number of imidazole rings is 1. The van der Waals surface area contributed by atoms with Crippen molar-refractivity contribution >= 4 is 17.7 Å². The van der Waals surface area contributed by atoms with Crippen molar-refractivity contribution in [3.05, 3.63) is 42.1 Å². The van der Waals surface area contributed by atoms with Crippen LogP contribution in [-0.2, 0) is 6.54 Å². The third-order valence-electron chi connectivity index (χ3n) is 4.17. The highest BCUT2D eigenvalue weighted by Crippen LogP contribution is 2.25. The van der Waals surface area contributed by atoms with Gasteiger partial charge in [-0.2, -0.15) is 11.8 Å². The quantitative estimate of drug-likeness (QED) is 0.613. The fourth-order valence-electron chi connectivity index (χ4n) is 2.80. The molecule has 0 amide bonds. The van der Waals surface area contributed by atoms with Gasteiger partial charge in [0.2, 0.25) is 0 Å². The molecule has 3 heterocycles. The molecular weight excluding hydrogens is 332 g/mol. The summed E-state index contributed by atoms with van der Waals surface area (Å²) in [4.78, 5) is 13.4. The molecule has 1 atom stereocenters. The summed E-state index contributed by atoms with van der Waals surface area (Å²) in [5, 5.41) is 7.49. The van der Waals surface area contributed by atoms with E-state index < -0.39 is 0 Å². The van der Waals surface area contributed by atoms with Crippen LogP contribution in [0.3, 0.4) is 0 Å². The van der Waals surface area contributed by atoms with Crippen molar-refractivity contribution < 1.29 is 0 Å². The zero-order valence-electron chi connectivity index (χ0n) is 14.9. The molecule has 0 aromatic carbocycles. The van der Waals surface area contributed by atoms with Gasteiger partial charge in [-0.1, -0.05) is 6.07 Å². The van der Waals surface area contributed by atoms with Crippen molar-refractivity contribution in [1.29, 1.82) is 0 Å². The van der Waals surface area contributed by atoms with Crippen molar-refractivity contribution in [3.63, 3.8) is 0 Å². The van der Waals surface area contributed by atoms with E-state index >= 15 is 0 Å². The molecule has 6 nitrogen and oxygen atoms in total. The summed E-state index contributed by atoms with van der Waals surface area (Å²) < 4.78 is 1.97. The predicted molar refractivity (Wildman–Crippen MR) is 104 cm³/mol. The van der Waals surface area contributed by atoms with Crippen LogP contribution >= 0.6 is 11.8 Å². The largest absolute Gasteiger partial charge is 0.357 e. The van der Waals surface area contributed by atoms with Crippen LogP contribution in [0.15, 0.2) is 35.7 Å². The summed E-state index contributed by atoms with van der Waals surface area (Å²) in [6, 6.07) is 4.08. The summed E-state index contributed by atoms with van der Waals surface area (Å²) in [5.74, 6) is 3.98. The highest BCUT2D eigenvalue weighted by molar-refractivity contribution is 8.00. The maximum absolute atomic E-state index is 4.68. The molecule has 1 aliphatic rings. The number of rotatable bonds is 6. The molecular formula is C18H26N6S. The second-order valence-electron chi connectivity index (χ2n) is 6.08. The topological polar surface area (TPSA) is 67.1 Å². The lowest BCUT2D eigenvalue weighted by atomic mass is 10.2. The monoisotopic (exact) mass is 358 g/mol. The molecule has 1 fully saturated rings. The van der Waals surface area contributed by atoms with Crippen LogP contribution in [0, 0.1) is 6.92 Å². The van der Waals surface area contributed by atoms with Crippen molar-refractivity contribution in [2.45, 2.75) is 38.5 Å². The van der Waals surface area contributed by atoms with Crippen LogP contribution in [0.1, 0.15) is 31.2 Å². The number of hydrogen-bond donors (Lipinski definition) is 2.